The number of benzene rings is 1. The van der Waals surface area contributed by atoms with Crippen molar-refractivity contribution < 1.29 is 13.7 Å². The molecule has 84 valence electrons. The maximum atomic E-state index is 13.7. The van der Waals surface area contributed by atoms with E-state index >= 15 is 0 Å². The Labute approximate surface area is 91.8 Å². The standard InChI is InChI=1S/C11H11FN2O2/c1-15-6-7-2-3-8(9(12)4-7)10-5-11(13)14-16-10/h2-5H,6H2,1H3,(H2,13,14). The van der Waals surface area contributed by atoms with Gasteiger partial charge in [0.1, 0.15) is 5.82 Å². The van der Waals surface area contributed by atoms with Crippen molar-refractivity contribution in [2.45, 2.75) is 6.61 Å². The summed E-state index contributed by atoms with van der Waals surface area (Å²) >= 11 is 0. The third-order valence-corrected chi connectivity index (χ3v) is 2.14. The molecule has 0 aliphatic rings. The van der Waals surface area contributed by atoms with Crippen LogP contribution in [0.25, 0.3) is 11.3 Å². The Morgan fingerprint density at radius 1 is 1.44 bits per heavy atom. The van der Waals surface area contributed by atoms with Crippen molar-refractivity contribution >= 4 is 5.82 Å². The maximum absolute atomic E-state index is 13.7. The third kappa shape index (κ3) is 2.04. The van der Waals surface area contributed by atoms with Crippen molar-refractivity contribution in [3.8, 4) is 11.3 Å². The van der Waals surface area contributed by atoms with E-state index in [9.17, 15) is 4.39 Å². The SMILES string of the molecule is COCc1ccc(-c2cc(N)no2)c(F)c1. The number of nitrogens with two attached hydrogens (primary N) is 1. The molecule has 4 nitrogen and oxygen atoms in total. The van der Waals surface area contributed by atoms with Gasteiger partial charge in [0.05, 0.1) is 12.2 Å². The molecule has 2 N–H and O–H groups in total. The lowest BCUT2D eigenvalue weighted by Gasteiger charge is -2.02. The molecule has 2 aromatic rings. The minimum Gasteiger partial charge on any atom is -0.381 e. The molecule has 16 heavy (non-hydrogen) atoms. The number of hydrogen-bond donors (Lipinski definition) is 1. The lowest BCUT2D eigenvalue weighted by molar-refractivity contribution is 0.184. The molecule has 0 saturated carbocycles. The average molecular weight is 222 g/mol. The fourth-order valence-corrected chi connectivity index (χ4v) is 1.43. The number of hydrogen-bond acceptors (Lipinski definition) is 4. The number of methoxy groups -OCH3 is 1. The molecule has 1 heterocycles. The summed E-state index contributed by atoms with van der Waals surface area (Å²) in [6, 6.07) is 6.26. The van der Waals surface area contributed by atoms with Gasteiger partial charge >= 0.3 is 0 Å². The van der Waals surface area contributed by atoms with Gasteiger partial charge in [-0.3, -0.25) is 0 Å². The van der Waals surface area contributed by atoms with Crippen LogP contribution in [0, 0.1) is 5.82 Å². The lowest BCUT2D eigenvalue weighted by atomic mass is 10.1. The van der Waals surface area contributed by atoms with E-state index in [-0.39, 0.29) is 11.6 Å². The minimum atomic E-state index is -0.384. The van der Waals surface area contributed by atoms with Crippen LogP contribution in [0.5, 0.6) is 0 Å². The van der Waals surface area contributed by atoms with E-state index in [4.69, 9.17) is 15.0 Å². The topological polar surface area (TPSA) is 61.3 Å². The first-order valence-electron chi connectivity index (χ1n) is 4.70. The largest absolute Gasteiger partial charge is 0.381 e. The molecule has 1 aromatic heterocycles. The van der Waals surface area contributed by atoms with Crippen molar-refractivity contribution in [3.63, 3.8) is 0 Å². The van der Waals surface area contributed by atoms with Gasteiger partial charge in [0.2, 0.25) is 0 Å². The van der Waals surface area contributed by atoms with Crippen LogP contribution >= 0.6 is 0 Å². The van der Waals surface area contributed by atoms with Gasteiger partial charge in [-0.2, -0.15) is 0 Å². The fourth-order valence-electron chi connectivity index (χ4n) is 1.43. The van der Waals surface area contributed by atoms with E-state index in [2.05, 4.69) is 5.16 Å². The Morgan fingerprint density at radius 2 is 2.25 bits per heavy atom. The molecule has 0 unspecified atom stereocenters. The second kappa shape index (κ2) is 4.32. The Morgan fingerprint density at radius 3 is 2.81 bits per heavy atom. The van der Waals surface area contributed by atoms with Crippen LogP contribution < -0.4 is 5.73 Å². The van der Waals surface area contributed by atoms with Gasteiger partial charge in [-0.1, -0.05) is 11.2 Å². The summed E-state index contributed by atoms with van der Waals surface area (Å²) in [5, 5.41) is 3.50. The zero-order valence-electron chi connectivity index (χ0n) is 8.74. The number of rotatable bonds is 3. The Balaban J connectivity index is 2.36. The highest BCUT2D eigenvalue weighted by Gasteiger charge is 2.10. The molecular weight excluding hydrogens is 211 g/mol. The third-order valence-electron chi connectivity index (χ3n) is 2.14. The van der Waals surface area contributed by atoms with E-state index in [1.807, 2.05) is 0 Å². The summed E-state index contributed by atoms with van der Waals surface area (Å²) < 4.78 is 23.5. The Hall–Kier alpha value is -1.88. The first-order chi connectivity index (χ1) is 7.70. The van der Waals surface area contributed by atoms with Gasteiger partial charge in [-0.05, 0) is 17.7 Å². The number of nitrogens with zero attached hydrogens (tertiary/aromatic N) is 1. The Kier molecular flexibility index (Phi) is 2.87. The predicted molar refractivity (Wildman–Crippen MR) is 57.0 cm³/mol. The molecule has 0 aliphatic carbocycles. The quantitative estimate of drug-likeness (QED) is 0.864. The first kappa shape index (κ1) is 10.6. The van der Waals surface area contributed by atoms with Crippen molar-refractivity contribution in [1.29, 1.82) is 0 Å². The van der Waals surface area contributed by atoms with Gasteiger partial charge < -0.3 is 15.0 Å². The summed E-state index contributed by atoms with van der Waals surface area (Å²) in [4.78, 5) is 0. The predicted octanol–water partition coefficient (Wildman–Crippen LogP) is 2.21. The average Bonchev–Trinajstić information content (AvgIpc) is 2.65. The van der Waals surface area contributed by atoms with Crippen molar-refractivity contribution in [2.24, 2.45) is 0 Å². The normalized spacial score (nSPS) is 10.6. The highest BCUT2D eigenvalue weighted by molar-refractivity contribution is 5.61. The van der Waals surface area contributed by atoms with Gasteiger partial charge in [-0.25, -0.2) is 4.39 Å². The first-order valence-corrected chi connectivity index (χ1v) is 4.70. The monoisotopic (exact) mass is 222 g/mol. The fraction of sp³-hybridized carbons (Fsp3) is 0.182. The summed E-state index contributed by atoms with van der Waals surface area (Å²) in [5.74, 6) is 0.167. The number of halogens is 1. The van der Waals surface area contributed by atoms with Crippen LogP contribution in [0.3, 0.4) is 0 Å². The van der Waals surface area contributed by atoms with Gasteiger partial charge in [-0.15, -0.1) is 0 Å². The molecule has 5 heteroatoms. The molecule has 0 saturated heterocycles. The summed E-state index contributed by atoms with van der Waals surface area (Å²) in [5.41, 5.74) is 6.49. The second-order valence-electron chi connectivity index (χ2n) is 3.36. The van der Waals surface area contributed by atoms with Gasteiger partial charge in [0.25, 0.3) is 0 Å². The Bertz CT molecular complexity index is 496. The van der Waals surface area contributed by atoms with Crippen LogP contribution in [0.15, 0.2) is 28.8 Å². The highest BCUT2D eigenvalue weighted by atomic mass is 19.1. The van der Waals surface area contributed by atoms with Crippen molar-refractivity contribution in [2.75, 3.05) is 12.8 Å². The smallest absolute Gasteiger partial charge is 0.172 e. The van der Waals surface area contributed by atoms with E-state index in [1.54, 1.807) is 19.2 Å². The molecule has 0 fully saturated rings. The lowest BCUT2D eigenvalue weighted by Crippen LogP contribution is -1.90. The molecule has 0 bridgehead atoms. The molecule has 0 amide bonds. The van der Waals surface area contributed by atoms with Crippen LogP contribution in [-0.2, 0) is 11.3 Å². The molecule has 2 rings (SSSR count). The van der Waals surface area contributed by atoms with E-state index < -0.39 is 0 Å². The van der Waals surface area contributed by atoms with Crippen LogP contribution in [0.2, 0.25) is 0 Å². The van der Waals surface area contributed by atoms with E-state index in [0.29, 0.717) is 17.9 Å². The number of nitrogen functional groups attached to an aromatic ring is 1. The summed E-state index contributed by atoms with van der Waals surface area (Å²) in [6.07, 6.45) is 0. The van der Waals surface area contributed by atoms with Gasteiger partial charge in [0, 0.05) is 13.2 Å². The molecule has 0 radical (unpaired) electrons. The minimum absolute atomic E-state index is 0.232. The van der Waals surface area contributed by atoms with E-state index in [1.165, 1.54) is 12.1 Å². The van der Waals surface area contributed by atoms with E-state index in [0.717, 1.165) is 5.56 Å². The van der Waals surface area contributed by atoms with Crippen molar-refractivity contribution in [3.05, 3.63) is 35.6 Å². The molecular formula is C11H11FN2O2. The molecule has 1 aromatic carbocycles. The summed E-state index contributed by atoms with van der Waals surface area (Å²) in [7, 11) is 1.56. The van der Waals surface area contributed by atoms with Crippen LogP contribution in [0.1, 0.15) is 5.56 Å². The molecule has 0 aliphatic heterocycles. The zero-order valence-corrected chi connectivity index (χ0v) is 8.74. The highest BCUT2D eigenvalue weighted by Crippen LogP contribution is 2.25. The van der Waals surface area contributed by atoms with Crippen LogP contribution in [0.4, 0.5) is 10.2 Å². The number of ether oxygens (including phenoxy) is 1. The number of aromatic nitrogens is 1. The van der Waals surface area contributed by atoms with Gasteiger partial charge in [0.15, 0.2) is 11.6 Å². The zero-order chi connectivity index (χ0) is 11.5. The number of anilines is 1. The van der Waals surface area contributed by atoms with Crippen LogP contribution in [-0.4, -0.2) is 12.3 Å². The molecule has 0 atom stereocenters. The van der Waals surface area contributed by atoms with Crippen molar-refractivity contribution in [1.82, 2.24) is 5.16 Å². The second-order valence-corrected chi connectivity index (χ2v) is 3.36. The summed E-state index contributed by atoms with van der Waals surface area (Å²) in [6.45, 7) is 0.371. The maximum Gasteiger partial charge on any atom is 0.172 e. The molecule has 0 spiro atoms.